The fraction of sp³-hybridized carbons (Fsp3) is 0.455. The van der Waals surface area contributed by atoms with Gasteiger partial charge in [0.2, 0.25) is 5.82 Å². The zero-order chi connectivity index (χ0) is 28.8. The number of carbonyl (C=O) groups excluding carboxylic acids is 1. The summed E-state index contributed by atoms with van der Waals surface area (Å²) >= 11 is 6.48. The van der Waals surface area contributed by atoms with Crippen LogP contribution in [0.15, 0.2) is 51.7 Å². The van der Waals surface area contributed by atoms with E-state index in [1.165, 1.54) is 19.1 Å². The summed E-state index contributed by atoms with van der Waals surface area (Å²) in [4.78, 5) is 26.4. The van der Waals surface area contributed by atoms with Crippen molar-refractivity contribution in [2.75, 3.05) is 6.61 Å². The number of carbonyl (C=O) groups is 1. The summed E-state index contributed by atoms with van der Waals surface area (Å²) in [5, 5.41) is 21.2. The van der Waals surface area contributed by atoms with Crippen LogP contribution < -0.4 is 16.1 Å². The molecule has 1 aromatic heterocycles. The number of benzene rings is 1. The zero-order valence-corrected chi connectivity index (χ0v) is 22.6. The molecule has 0 spiro atoms. The maximum atomic E-state index is 13.6. The summed E-state index contributed by atoms with van der Waals surface area (Å²) in [6.07, 6.45) is 0.218. The third-order valence-corrected chi connectivity index (χ3v) is 7.07. The number of halogens is 1. The number of rotatable bonds is 11. The predicted octanol–water partition coefficient (Wildman–Crippen LogP) is 2.03. The molecule has 0 radical (unpaired) electrons. The molecule has 1 fully saturated rings. The lowest BCUT2D eigenvalue weighted by Crippen LogP contribution is -2.44. The quantitative estimate of drug-likeness (QED) is 0.0741. The summed E-state index contributed by atoms with van der Waals surface area (Å²) < 4.78 is 41.3. The highest BCUT2D eigenvalue weighted by Crippen LogP contribution is 2.52. The number of alkyl halides is 1. The lowest BCUT2D eigenvalue weighted by Gasteiger charge is -2.25. The van der Waals surface area contributed by atoms with Crippen molar-refractivity contribution in [2.24, 2.45) is 16.2 Å². The van der Waals surface area contributed by atoms with E-state index in [0.29, 0.717) is 4.68 Å². The minimum Gasteiger partial charge on any atom is -0.461 e. The van der Waals surface area contributed by atoms with Gasteiger partial charge in [-0.1, -0.05) is 40.9 Å². The van der Waals surface area contributed by atoms with Gasteiger partial charge in [-0.15, -0.1) is 11.5 Å². The number of nitrogens with zero attached hydrogens (tertiary/aromatic N) is 5. The molecule has 0 aliphatic carbocycles. The highest BCUT2D eigenvalue weighted by molar-refractivity contribution is 7.49. The molecule has 210 valence electrons. The molecule has 1 saturated heterocycles. The van der Waals surface area contributed by atoms with Gasteiger partial charge in [0.25, 0.3) is 0 Å². The van der Waals surface area contributed by atoms with E-state index in [4.69, 9.17) is 46.9 Å². The molecule has 1 aliphatic heterocycles. The van der Waals surface area contributed by atoms with Gasteiger partial charge in [-0.2, -0.15) is 14.8 Å². The van der Waals surface area contributed by atoms with Crippen molar-refractivity contribution in [3.63, 3.8) is 0 Å². The molecule has 0 amide bonds. The molecule has 2 aromatic rings. The van der Waals surface area contributed by atoms with Crippen LogP contribution in [-0.4, -0.2) is 61.7 Å². The number of ether oxygens (including phenoxy) is 2. The van der Waals surface area contributed by atoms with E-state index in [0.717, 1.165) is 6.20 Å². The van der Waals surface area contributed by atoms with Gasteiger partial charge < -0.3 is 24.9 Å². The monoisotopic (exact) mass is 584 g/mol. The summed E-state index contributed by atoms with van der Waals surface area (Å²) in [6.45, 7) is 3.90. The summed E-state index contributed by atoms with van der Waals surface area (Å²) in [6, 6.07) is 7.88. The number of aliphatic hydroxyl groups is 1. The Morgan fingerprint density at radius 1 is 1.38 bits per heavy atom. The Morgan fingerprint density at radius 3 is 2.67 bits per heavy atom. The maximum absolute atomic E-state index is 13.6. The van der Waals surface area contributed by atoms with Crippen LogP contribution in [0.1, 0.15) is 27.0 Å². The first-order valence-electron chi connectivity index (χ1n) is 11.4. The van der Waals surface area contributed by atoms with Crippen LogP contribution in [-0.2, 0) is 27.9 Å². The molecular formula is C22H26ClN6O9P. The largest absolute Gasteiger partial charge is 0.530 e. The molecule has 1 aliphatic rings. The second-order valence-electron chi connectivity index (χ2n) is 8.32. The molecule has 39 heavy (non-hydrogen) atoms. The summed E-state index contributed by atoms with van der Waals surface area (Å²) in [5.74, 6) is 6.23. The molecule has 15 nitrogen and oxygen atoms in total. The number of phosphoric acid groups is 1. The van der Waals surface area contributed by atoms with Crippen LogP contribution in [0, 0.1) is 12.3 Å². The van der Waals surface area contributed by atoms with E-state index >= 15 is 0 Å². The lowest BCUT2D eigenvalue weighted by molar-refractivity contribution is -0.156. The van der Waals surface area contributed by atoms with Gasteiger partial charge in [-0.25, -0.2) is 14.2 Å². The van der Waals surface area contributed by atoms with E-state index in [-0.39, 0.29) is 11.6 Å². The van der Waals surface area contributed by atoms with Crippen LogP contribution in [0.4, 0.5) is 5.82 Å². The fourth-order valence-electron chi connectivity index (χ4n) is 3.31. The van der Waals surface area contributed by atoms with Crippen molar-refractivity contribution in [1.82, 2.24) is 14.8 Å². The number of hydrogen-bond acceptors (Lipinski definition) is 13. The predicted molar refractivity (Wildman–Crippen MR) is 135 cm³/mol. The number of aliphatic hydroxyl groups excluding tert-OH is 1. The van der Waals surface area contributed by atoms with E-state index in [2.05, 4.69) is 26.3 Å². The maximum Gasteiger partial charge on any atom is 0.530 e. The average Bonchev–Trinajstić information content (AvgIpc) is 3.13. The normalized spacial score (nSPS) is 25.2. The van der Waals surface area contributed by atoms with Crippen LogP contribution in [0.3, 0.4) is 0 Å². The smallest absolute Gasteiger partial charge is 0.461 e. The molecule has 3 rings (SSSR count). The summed E-state index contributed by atoms with van der Waals surface area (Å²) in [7, 11) is -4.56. The van der Waals surface area contributed by atoms with Crippen molar-refractivity contribution in [2.45, 2.75) is 56.3 Å². The number of nitrogens with two attached hydrogens (primary N) is 1. The Hall–Kier alpha value is -3.38. The molecule has 1 aromatic carbocycles. The van der Waals surface area contributed by atoms with E-state index in [1.807, 2.05) is 0 Å². The molecule has 17 heteroatoms. The van der Waals surface area contributed by atoms with E-state index in [9.17, 15) is 19.3 Å². The van der Waals surface area contributed by atoms with Crippen LogP contribution in [0.5, 0.6) is 5.75 Å². The number of terminal acetylenes is 1. The molecule has 0 saturated carbocycles. The Labute approximate surface area is 227 Å². The van der Waals surface area contributed by atoms with Crippen molar-refractivity contribution in [1.29, 1.82) is 0 Å². The minimum atomic E-state index is -4.56. The number of para-hydroxylation sites is 1. The second-order valence-corrected chi connectivity index (χ2v) is 10.5. The van der Waals surface area contributed by atoms with Gasteiger partial charge in [0.1, 0.15) is 18.0 Å². The van der Waals surface area contributed by atoms with Gasteiger partial charge in [0.05, 0.1) is 18.9 Å². The standard InChI is InChI=1S/C22H26ClN6O9P/c1-5-22(23)18(30)16(36-20(22)29-21(32)26-17(11-25-29)27-28-24)12-34-39(33,38-15-9-7-6-8-10-15)37-14(4)19(31)35-13(2)3/h1,6-11,13-14,16,18,20,30H,12H2,2-4H3,(H2,24,26,27,32)/t14-,16?,18?,20+,22+,39-/m0/s1. The molecule has 2 heterocycles. The third-order valence-electron chi connectivity index (χ3n) is 5.08. The van der Waals surface area contributed by atoms with E-state index in [1.54, 1.807) is 32.0 Å². The molecule has 0 bridgehead atoms. The first-order valence-corrected chi connectivity index (χ1v) is 13.2. The zero-order valence-electron chi connectivity index (χ0n) is 21.0. The van der Waals surface area contributed by atoms with Crippen LogP contribution in [0.25, 0.3) is 0 Å². The SMILES string of the molecule is C#C[C@@]1(Cl)C(O)C(CO[P@](=O)(Oc2ccccc2)O[C@@H](C)C(=O)OC(C)C)O[C@H]1n1ncc(N=NN)nc1=O. The van der Waals surface area contributed by atoms with Crippen LogP contribution >= 0.6 is 19.4 Å². The van der Waals surface area contributed by atoms with Gasteiger partial charge in [0.15, 0.2) is 17.2 Å². The average molecular weight is 585 g/mol. The second kappa shape index (κ2) is 12.6. The first-order chi connectivity index (χ1) is 18.4. The first kappa shape index (κ1) is 30.2. The molecule has 2 unspecified atom stereocenters. The highest BCUT2D eigenvalue weighted by atomic mass is 35.5. The topological polar surface area (TPSA) is 199 Å². The van der Waals surface area contributed by atoms with Crippen molar-refractivity contribution in [3.05, 3.63) is 47.0 Å². The molecule has 3 N–H and O–H groups in total. The Balaban J connectivity index is 1.84. The van der Waals surface area contributed by atoms with Crippen molar-refractivity contribution < 1.29 is 37.5 Å². The van der Waals surface area contributed by atoms with Crippen LogP contribution in [0.2, 0.25) is 0 Å². The van der Waals surface area contributed by atoms with Gasteiger partial charge >= 0.3 is 19.5 Å². The number of phosphoric ester groups is 1. The Morgan fingerprint density at radius 2 is 2.08 bits per heavy atom. The molecular weight excluding hydrogens is 559 g/mol. The van der Waals surface area contributed by atoms with Gasteiger partial charge in [-0.3, -0.25) is 9.05 Å². The highest BCUT2D eigenvalue weighted by Gasteiger charge is 2.57. The molecule has 6 atom stereocenters. The number of esters is 1. The lowest BCUT2D eigenvalue weighted by atomic mass is 10.00. The summed E-state index contributed by atoms with van der Waals surface area (Å²) in [5.41, 5.74) is -0.988. The Bertz CT molecular complexity index is 1340. The number of hydrogen-bond donors (Lipinski definition) is 2. The Kier molecular flexibility index (Phi) is 9.78. The number of aromatic nitrogens is 3. The van der Waals surface area contributed by atoms with Gasteiger partial charge in [0, 0.05) is 0 Å². The van der Waals surface area contributed by atoms with Crippen molar-refractivity contribution in [3.8, 4) is 18.1 Å². The van der Waals surface area contributed by atoms with Gasteiger partial charge in [-0.05, 0) is 32.9 Å². The van der Waals surface area contributed by atoms with Crippen molar-refractivity contribution >= 4 is 31.2 Å². The van der Waals surface area contributed by atoms with E-state index < -0.39 is 61.6 Å². The fourth-order valence-corrected chi connectivity index (χ4v) is 4.93. The third kappa shape index (κ3) is 7.18. The minimum absolute atomic E-state index is 0.0999.